The highest BCUT2D eigenvalue weighted by Crippen LogP contribution is 2.28. The van der Waals surface area contributed by atoms with Crippen LogP contribution in [0.25, 0.3) is 16.6 Å². The van der Waals surface area contributed by atoms with Crippen molar-refractivity contribution in [2.24, 2.45) is 0 Å². The van der Waals surface area contributed by atoms with Crippen LogP contribution in [-0.2, 0) is 4.74 Å². The standard InChI is InChI=1S/C21H22N4O3/c1-3-28-20(27)18-19-17(16-9-5-4-6-10-16)13-23-21(25(19)14-24-18)22-12-15(2)8-7-11-26/h4-11,13-14,26H,3,12H2,1-2H3,(H,22,23)/b11-7-,15-8+. The molecule has 0 saturated heterocycles. The Hall–Kier alpha value is -3.61. The van der Waals surface area contributed by atoms with E-state index in [1.54, 1.807) is 36.0 Å². The van der Waals surface area contributed by atoms with E-state index in [0.717, 1.165) is 23.0 Å². The first-order valence-corrected chi connectivity index (χ1v) is 8.94. The average Bonchev–Trinajstić information content (AvgIpc) is 3.17. The molecule has 7 heteroatoms. The summed E-state index contributed by atoms with van der Waals surface area (Å²) in [7, 11) is 0. The van der Waals surface area contributed by atoms with E-state index in [2.05, 4.69) is 15.3 Å². The number of hydrogen-bond acceptors (Lipinski definition) is 6. The van der Waals surface area contributed by atoms with E-state index in [0.29, 0.717) is 18.0 Å². The molecule has 7 nitrogen and oxygen atoms in total. The molecule has 0 bridgehead atoms. The number of nitrogens with zero attached hydrogens (tertiary/aromatic N) is 3. The summed E-state index contributed by atoms with van der Waals surface area (Å²) < 4.78 is 6.93. The number of benzene rings is 1. The molecule has 3 rings (SSSR count). The van der Waals surface area contributed by atoms with Crippen molar-refractivity contribution in [2.45, 2.75) is 13.8 Å². The minimum absolute atomic E-state index is 0.252. The summed E-state index contributed by atoms with van der Waals surface area (Å²) in [6.07, 6.45) is 7.62. The van der Waals surface area contributed by atoms with Crippen LogP contribution in [0.1, 0.15) is 24.3 Å². The summed E-state index contributed by atoms with van der Waals surface area (Å²) in [4.78, 5) is 21.2. The molecule has 1 aromatic carbocycles. The van der Waals surface area contributed by atoms with Gasteiger partial charge in [0.05, 0.1) is 18.4 Å². The molecule has 2 N–H and O–H groups in total. The number of carbonyl (C=O) groups is 1. The predicted molar refractivity (Wildman–Crippen MR) is 108 cm³/mol. The highest BCUT2D eigenvalue weighted by Gasteiger charge is 2.20. The smallest absolute Gasteiger partial charge is 0.359 e. The lowest BCUT2D eigenvalue weighted by Gasteiger charge is -2.12. The number of imidazole rings is 1. The van der Waals surface area contributed by atoms with Crippen LogP contribution < -0.4 is 5.32 Å². The Morgan fingerprint density at radius 2 is 2.07 bits per heavy atom. The Labute approximate surface area is 163 Å². The Balaban J connectivity index is 2.07. The molecule has 28 heavy (non-hydrogen) atoms. The molecule has 0 spiro atoms. The lowest BCUT2D eigenvalue weighted by molar-refractivity contribution is 0.0522. The molecule has 2 aromatic heterocycles. The normalized spacial score (nSPS) is 11.9. The van der Waals surface area contributed by atoms with Crippen LogP contribution in [0.3, 0.4) is 0 Å². The van der Waals surface area contributed by atoms with Crippen LogP contribution in [-0.4, -0.2) is 38.6 Å². The summed E-state index contributed by atoms with van der Waals surface area (Å²) in [5.41, 5.74) is 3.61. The number of esters is 1. The topological polar surface area (TPSA) is 88.8 Å². The molecular formula is C21H22N4O3. The minimum atomic E-state index is -0.469. The van der Waals surface area contributed by atoms with Gasteiger partial charge in [0.25, 0.3) is 0 Å². The van der Waals surface area contributed by atoms with Gasteiger partial charge in [0, 0.05) is 18.3 Å². The molecule has 0 radical (unpaired) electrons. The van der Waals surface area contributed by atoms with Crippen molar-refractivity contribution in [3.8, 4) is 11.1 Å². The fourth-order valence-corrected chi connectivity index (χ4v) is 2.81. The molecule has 144 valence electrons. The van der Waals surface area contributed by atoms with Crippen molar-refractivity contribution in [1.29, 1.82) is 0 Å². The third kappa shape index (κ3) is 4.03. The monoisotopic (exact) mass is 378 g/mol. The van der Waals surface area contributed by atoms with Gasteiger partial charge in [-0.05, 0) is 25.5 Å². The van der Waals surface area contributed by atoms with Gasteiger partial charge in [-0.2, -0.15) is 0 Å². The number of aliphatic hydroxyl groups is 1. The number of fused-ring (bicyclic) bond motifs is 1. The van der Waals surface area contributed by atoms with E-state index in [9.17, 15) is 4.79 Å². The first-order chi connectivity index (χ1) is 13.7. The second kappa shape index (κ2) is 8.85. The van der Waals surface area contributed by atoms with Crippen LogP contribution >= 0.6 is 0 Å². The zero-order chi connectivity index (χ0) is 19.9. The first kappa shape index (κ1) is 19.2. The zero-order valence-corrected chi connectivity index (χ0v) is 15.8. The molecule has 0 aliphatic heterocycles. The predicted octanol–water partition coefficient (Wildman–Crippen LogP) is 4.00. The molecule has 0 saturated carbocycles. The first-order valence-electron chi connectivity index (χ1n) is 8.94. The highest BCUT2D eigenvalue weighted by molar-refractivity contribution is 6.00. The summed E-state index contributed by atoms with van der Waals surface area (Å²) in [6.45, 7) is 4.49. The second-order valence-corrected chi connectivity index (χ2v) is 6.10. The van der Waals surface area contributed by atoms with Crippen LogP contribution in [0.4, 0.5) is 5.95 Å². The lowest BCUT2D eigenvalue weighted by atomic mass is 10.1. The van der Waals surface area contributed by atoms with E-state index < -0.39 is 5.97 Å². The van der Waals surface area contributed by atoms with Gasteiger partial charge >= 0.3 is 5.97 Å². The average molecular weight is 378 g/mol. The molecule has 0 unspecified atom stereocenters. The van der Waals surface area contributed by atoms with E-state index in [-0.39, 0.29) is 12.3 Å². The summed E-state index contributed by atoms with van der Waals surface area (Å²) in [5, 5.41) is 12.0. The van der Waals surface area contributed by atoms with Gasteiger partial charge in [-0.25, -0.2) is 14.8 Å². The van der Waals surface area contributed by atoms with Gasteiger partial charge in [0.1, 0.15) is 6.33 Å². The van der Waals surface area contributed by atoms with Gasteiger partial charge in [0.15, 0.2) is 5.69 Å². The SMILES string of the molecule is CCOC(=O)c1ncn2c(NC/C(C)=C/C=C\O)ncc(-c3ccccc3)c12. The molecule has 2 heterocycles. The Bertz CT molecular complexity index is 1020. The molecule has 0 fully saturated rings. The van der Waals surface area contributed by atoms with Crippen LogP contribution in [0, 0.1) is 0 Å². The quantitative estimate of drug-likeness (QED) is 0.367. The highest BCUT2D eigenvalue weighted by atomic mass is 16.5. The maximum atomic E-state index is 12.4. The molecule has 0 amide bonds. The van der Waals surface area contributed by atoms with Gasteiger partial charge in [-0.1, -0.05) is 42.0 Å². The Morgan fingerprint density at radius 3 is 2.79 bits per heavy atom. The summed E-state index contributed by atoms with van der Waals surface area (Å²) in [5.74, 6) is 0.0851. The van der Waals surface area contributed by atoms with Crippen LogP contribution in [0.5, 0.6) is 0 Å². The lowest BCUT2D eigenvalue weighted by Crippen LogP contribution is -2.10. The van der Waals surface area contributed by atoms with Crippen molar-refractivity contribution in [1.82, 2.24) is 14.4 Å². The second-order valence-electron chi connectivity index (χ2n) is 6.10. The Morgan fingerprint density at radius 1 is 1.29 bits per heavy atom. The molecular weight excluding hydrogens is 356 g/mol. The summed E-state index contributed by atoms with van der Waals surface area (Å²) >= 11 is 0. The number of anilines is 1. The number of nitrogens with one attached hydrogen (secondary N) is 1. The minimum Gasteiger partial charge on any atom is -0.516 e. The van der Waals surface area contributed by atoms with Crippen molar-refractivity contribution in [2.75, 3.05) is 18.5 Å². The van der Waals surface area contributed by atoms with Crippen LogP contribution in [0.2, 0.25) is 0 Å². The number of ether oxygens (including phenoxy) is 1. The van der Waals surface area contributed by atoms with Gasteiger partial charge in [-0.3, -0.25) is 4.40 Å². The van der Waals surface area contributed by atoms with E-state index in [4.69, 9.17) is 9.84 Å². The van der Waals surface area contributed by atoms with Gasteiger partial charge in [0.2, 0.25) is 5.95 Å². The fraction of sp³-hybridized carbons (Fsp3) is 0.190. The fourth-order valence-electron chi connectivity index (χ4n) is 2.81. The number of rotatable bonds is 7. The number of aromatic nitrogens is 3. The molecule has 0 aliphatic rings. The van der Waals surface area contributed by atoms with E-state index in [1.165, 1.54) is 0 Å². The van der Waals surface area contributed by atoms with Crippen LogP contribution in [0.15, 0.2) is 66.8 Å². The maximum absolute atomic E-state index is 12.4. The number of aliphatic hydroxyl groups excluding tert-OH is 1. The molecule has 0 atom stereocenters. The van der Waals surface area contributed by atoms with Crippen molar-refractivity contribution < 1.29 is 14.6 Å². The third-order valence-electron chi connectivity index (χ3n) is 4.11. The molecule has 3 aromatic rings. The number of allylic oxidation sites excluding steroid dienone is 2. The number of carbonyl (C=O) groups excluding carboxylic acids is 1. The van der Waals surface area contributed by atoms with Gasteiger partial charge < -0.3 is 15.2 Å². The maximum Gasteiger partial charge on any atom is 0.359 e. The van der Waals surface area contributed by atoms with Crippen molar-refractivity contribution >= 4 is 17.4 Å². The van der Waals surface area contributed by atoms with E-state index >= 15 is 0 Å². The number of hydrogen-bond donors (Lipinski definition) is 2. The third-order valence-corrected chi connectivity index (χ3v) is 4.11. The zero-order valence-electron chi connectivity index (χ0n) is 15.8. The molecule has 0 aliphatic carbocycles. The van der Waals surface area contributed by atoms with Crippen molar-refractivity contribution in [3.63, 3.8) is 0 Å². The summed E-state index contributed by atoms with van der Waals surface area (Å²) in [6, 6.07) is 9.71. The Kier molecular flexibility index (Phi) is 6.06. The van der Waals surface area contributed by atoms with Gasteiger partial charge in [-0.15, -0.1) is 0 Å². The largest absolute Gasteiger partial charge is 0.516 e. The van der Waals surface area contributed by atoms with Crippen molar-refractivity contribution in [3.05, 3.63) is 72.5 Å². The van der Waals surface area contributed by atoms with E-state index in [1.807, 2.05) is 37.3 Å².